The molecular weight excluding hydrogens is 374 g/mol. The molecule has 0 spiro atoms. The van der Waals surface area contributed by atoms with Crippen LogP contribution < -0.4 is 10.2 Å². The van der Waals surface area contributed by atoms with Gasteiger partial charge in [-0.2, -0.15) is 4.52 Å². The van der Waals surface area contributed by atoms with Crippen LogP contribution in [0.2, 0.25) is 0 Å². The minimum atomic E-state index is 0.0660. The molecular formula is C19H23N7OS. The molecule has 2 fully saturated rings. The highest BCUT2D eigenvalue weighted by Gasteiger charge is 2.30. The second kappa shape index (κ2) is 7.12. The van der Waals surface area contributed by atoms with Gasteiger partial charge in [0.2, 0.25) is 5.91 Å². The molecule has 4 heterocycles. The molecule has 5 rings (SSSR count). The Morgan fingerprint density at radius 2 is 2.14 bits per heavy atom. The van der Waals surface area contributed by atoms with E-state index in [4.69, 9.17) is 5.10 Å². The lowest BCUT2D eigenvalue weighted by Gasteiger charge is -2.40. The average molecular weight is 398 g/mol. The minimum Gasteiger partial charge on any atom is -0.355 e. The van der Waals surface area contributed by atoms with E-state index < -0.39 is 0 Å². The summed E-state index contributed by atoms with van der Waals surface area (Å²) >= 11 is 1.58. The third kappa shape index (κ3) is 3.34. The van der Waals surface area contributed by atoms with Gasteiger partial charge in [0.05, 0.1) is 11.4 Å². The van der Waals surface area contributed by atoms with Crippen LogP contribution in [-0.2, 0) is 11.2 Å². The fourth-order valence-electron chi connectivity index (χ4n) is 3.74. The van der Waals surface area contributed by atoms with Gasteiger partial charge in [0, 0.05) is 42.5 Å². The van der Waals surface area contributed by atoms with Crippen LogP contribution in [-0.4, -0.2) is 50.3 Å². The fraction of sp³-hybridized carbons (Fsp3) is 0.526. The monoisotopic (exact) mass is 397 g/mol. The summed E-state index contributed by atoms with van der Waals surface area (Å²) in [6, 6.07) is 4.00. The smallest absolute Gasteiger partial charge is 0.225 e. The zero-order chi connectivity index (χ0) is 19.1. The molecule has 0 bridgehead atoms. The zero-order valence-corrected chi connectivity index (χ0v) is 16.7. The first-order valence-corrected chi connectivity index (χ1v) is 10.6. The number of anilines is 1. The normalized spacial score (nSPS) is 17.5. The predicted molar refractivity (Wildman–Crippen MR) is 107 cm³/mol. The van der Waals surface area contributed by atoms with Crippen LogP contribution >= 0.6 is 11.3 Å². The van der Waals surface area contributed by atoms with Gasteiger partial charge in [0.1, 0.15) is 5.82 Å². The summed E-state index contributed by atoms with van der Waals surface area (Å²) in [5.74, 6) is 2.97. The maximum absolute atomic E-state index is 12.1. The molecule has 1 saturated carbocycles. The highest BCUT2D eigenvalue weighted by atomic mass is 32.1. The summed E-state index contributed by atoms with van der Waals surface area (Å²) in [5, 5.41) is 17.4. The van der Waals surface area contributed by atoms with Crippen LogP contribution in [0.3, 0.4) is 0 Å². The van der Waals surface area contributed by atoms with Gasteiger partial charge < -0.3 is 10.2 Å². The largest absolute Gasteiger partial charge is 0.355 e. The third-order valence-electron chi connectivity index (χ3n) is 5.62. The first-order chi connectivity index (χ1) is 13.7. The van der Waals surface area contributed by atoms with Gasteiger partial charge in [-0.1, -0.05) is 6.42 Å². The molecule has 0 atom stereocenters. The number of carbonyl (C=O) groups excluding carboxylic acids is 1. The SMILES string of the molecule is Cc1ncc(CC(=O)NCC2CN(c3ccc4nnc(C5CCC5)n4n3)C2)s1. The molecule has 0 radical (unpaired) electrons. The Labute approximate surface area is 167 Å². The van der Waals surface area contributed by atoms with Gasteiger partial charge in [0.15, 0.2) is 11.5 Å². The Hall–Kier alpha value is -2.55. The van der Waals surface area contributed by atoms with Crippen molar-refractivity contribution in [3.8, 4) is 0 Å². The predicted octanol–water partition coefficient (Wildman–Crippen LogP) is 1.95. The topological polar surface area (TPSA) is 88.3 Å². The van der Waals surface area contributed by atoms with Gasteiger partial charge in [-0.25, -0.2) is 4.98 Å². The number of hydrogen-bond donors (Lipinski definition) is 1. The number of nitrogens with zero attached hydrogens (tertiary/aromatic N) is 6. The van der Waals surface area contributed by atoms with Crippen molar-refractivity contribution >= 4 is 28.7 Å². The molecule has 0 aromatic carbocycles. The first-order valence-electron chi connectivity index (χ1n) is 9.81. The van der Waals surface area contributed by atoms with Crippen molar-refractivity contribution in [2.45, 2.75) is 38.5 Å². The number of aryl methyl sites for hydroxylation is 1. The molecule has 1 aliphatic carbocycles. The van der Waals surface area contributed by atoms with Crippen LogP contribution in [0, 0.1) is 12.8 Å². The molecule has 1 amide bonds. The Morgan fingerprint density at radius 3 is 2.86 bits per heavy atom. The van der Waals surface area contributed by atoms with Crippen molar-refractivity contribution < 1.29 is 4.79 Å². The molecule has 3 aromatic rings. The van der Waals surface area contributed by atoms with E-state index in [2.05, 4.69) is 25.4 Å². The lowest BCUT2D eigenvalue weighted by atomic mass is 9.85. The van der Waals surface area contributed by atoms with E-state index in [1.165, 1.54) is 19.3 Å². The highest BCUT2D eigenvalue weighted by molar-refractivity contribution is 7.11. The summed E-state index contributed by atoms with van der Waals surface area (Å²) in [4.78, 5) is 19.5. The van der Waals surface area contributed by atoms with E-state index in [-0.39, 0.29) is 5.91 Å². The Kier molecular flexibility index (Phi) is 4.46. The van der Waals surface area contributed by atoms with Crippen molar-refractivity contribution in [3.05, 3.63) is 34.0 Å². The summed E-state index contributed by atoms with van der Waals surface area (Å²) in [6.45, 7) is 4.46. The first kappa shape index (κ1) is 17.5. The third-order valence-corrected chi connectivity index (χ3v) is 6.53. The van der Waals surface area contributed by atoms with Crippen molar-refractivity contribution in [3.63, 3.8) is 0 Å². The van der Waals surface area contributed by atoms with Crippen LogP contribution in [0.1, 0.15) is 40.9 Å². The molecule has 28 heavy (non-hydrogen) atoms. The molecule has 1 N–H and O–H groups in total. The standard InChI is InChI=1S/C19H23N7OS/c1-12-20-9-15(28-12)7-18(27)21-8-13-10-25(11-13)17-6-5-16-22-23-19(26(16)24-17)14-3-2-4-14/h5-6,9,13-14H,2-4,7-8,10-11H2,1H3,(H,21,27). The van der Waals surface area contributed by atoms with Crippen LogP contribution in [0.15, 0.2) is 18.3 Å². The zero-order valence-electron chi connectivity index (χ0n) is 15.8. The van der Waals surface area contributed by atoms with Crippen molar-refractivity contribution in [1.29, 1.82) is 0 Å². The Bertz CT molecular complexity index is 1000. The second-order valence-electron chi connectivity index (χ2n) is 7.75. The Balaban J connectivity index is 1.15. The number of carbonyl (C=O) groups is 1. The summed E-state index contributed by atoms with van der Waals surface area (Å²) in [5.41, 5.74) is 0.813. The van der Waals surface area contributed by atoms with Crippen molar-refractivity contribution in [1.82, 2.24) is 30.1 Å². The van der Waals surface area contributed by atoms with E-state index in [1.54, 1.807) is 17.5 Å². The van der Waals surface area contributed by atoms with Gasteiger partial charge in [0.25, 0.3) is 0 Å². The molecule has 9 heteroatoms. The Morgan fingerprint density at radius 1 is 1.29 bits per heavy atom. The number of aromatic nitrogens is 5. The lowest BCUT2D eigenvalue weighted by Crippen LogP contribution is -2.52. The van der Waals surface area contributed by atoms with E-state index >= 15 is 0 Å². The van der Waals surface area contributed by atoms with Gasteiger partial charge in [-0.05, 0) is 31.9 Å². The highest BCUT2D eigenvalue weighted by Crippen LogP contribution is 2.35. The van der Waals surface area contributed by atoms with Crippen LogP contribution in [0.25, 0.3) is 5.65 Å². The van der Waals surface area contributed by atoms with Crippen LogP contribution in [0.5, 0.6) is 0 Å². The van der Waals surface area contributed by atoms with Gasteiger partial charge in [-0.3, -0.25) is 4.79 Å². The van der Waals surface area contributed by atoms with Gasteiger partial charge in [-0.15, -0.1) is 26.6 Å². The molecule has 146 valence electrons. The van der Waals surface area contributed by atoms with Crippen molar-refractivity contribution in [2.75, 3.05) is 24.5 Å². The quantitative estimate of drug-likeness (QED) is 0.684. The van der Waals surface area contributed by atoms with E-state index in [9.17, 15) is 4.79 Å². The maximum Gasteiger partial charge on any atom is 0.225 e. The van der Waals surface area contributed by atoms with Gasteiger partial charge >= 0.3 is 0 Å². The molecule has 8 nitrogen and oxygen atoms in total. The molecule has 0 unspecified atom stereocenters. The minimum absolute atomic E-state index is 0.0660. The summed E-state index contributed by atoms with van der Waals surface area (Å²) in [6.07, 6.45) is 5.83. The molecule has 2 aliphatic rings. The second-order valence-corrected chi connectivity index (χ2v) is 9.06. The number of fused-ring (bicyclic) bond motifs is 1. The molecule has 1 aliphatic heterocycles. The van der Waals surface area contributed by atoms with Crippen LogP contribution in [0.4, 0.5) is 5.82 Å². The van der Waals surface area contributed by atoms with E-state index in [0.717, 1.165) is 40.3 Å². The number of nitrogens with one attached hydrogen (secondary N) is 1. The average Bonchev–Trinajstić information content (AvgIpc) is 3.18. The number of amides is 1. The number of hydrogen-bond acceptors (Lipinski definition) is 7. The van der Waals surface area contributed by atoms with E-state index in [1.807, 2.05) is 23.6 Å². The van der Waals surface area contributed by atoms with Crippen molar-refractivity contribution in [2.24, 2.45) is 5.92 Å². The summed E-state index contributed by atoms with van der Waals surface area (Å²) in [7, 11) is 0. The van der Waals surface area contributed by atoms with E-state index in [0.29, 0.717) is 24.8 Å². The summed E-state index contributed by atoms with van der Waals surface area (Å²) < 4.78 is 1.91. The fourth-order valence-corrected chi connectivity index (χ4v) is 4.53. The number of thiazole rings is 1. The lowest BCUT2D eigenvalue weighted by molar-refractivity contribution is -0.120. The maximum atomic E-state index is 12.1. The molecule has 3 aromatic heterocycles. The molecule has 1 saturated heterocycles. The number of rotatable bonds is 6.